The number of nitrogens with one attached hydrogen (secondary N) is 1. The number of rotatable bonds is 2. The van der Waals surface area contributed by atoms with E-state index < -0.39 is 0 Å². The van der Waals surface area contributed by atoms with Crippen molar-refractivity contribution in [1.82, 2.24) is 15.3 Å². The third-order valence-corrected chi connectivity index (χ3v) is 3.25. The monoisotopic (exact) mass is 219 g/mol. The van der Waals surface area contributed by atoms with Gasteiger partial charge in [-0.05, 0) is 31.7 Å². The Morgan fingerprint density at radius 1 is 1.50 bits per heavy atom. The van der Waals surface area contributed by atoms with Crippen molar-refractivity contribution in [2.45, 2.75) is 46.6 Å². The molecule has 16 heavy (non-hydrogen) atoms. The number of aromatic nitrogens is 2. The van der Waals surface area contributed by atoms with E-state index in [9.17, 15) is 0 Å². The van der Waals surface area contributed by atoms with Crippen LogP contribution in [0.5, 0.6) is 0 Å². The Balaban J connectivity index is 2.38. The molecule has 0 aromatic carbocycles. The first-order chi connectivity index (χ1) is 7.52. The highest BCUT2D eigenvalue weighted by Crippen LogP contribution is 2.39. The summed E-state index contributed by atoms with van der Waals surface area (Å²) in [6, 6.07) is 0.421. The van der Waals surface area contributed by atoms with E-state index >= 15 is 0 Å². The predicted octanol–water partition coefficient (Wildman–Crippen LogP) is 2.41. The van der Waals surface area contributed by atoms with Gasteiger partial charge in [0, 0.05) is 23.5 Å². The Bertz CT molecular complexity index is 385. The molecule has 1 aliphatic carbocycles. The second-order valence-electron chi connectivity index (χ2n) is 5.47. The van der Waals surface area contributed by atoms with E-state index in [0.29, 0.717) is 11.5 Å². The summed E-state index contributed by atoms with van der Waals surface area (Å²) in [5.74, 6) is 0.881. The Hall–Kier alpha value is -0.960. The first-order valence-electron chi connectivity index (χ1n) is 6.07. The molecule has 3 heteroatoms. The zero-order chi connectivity index (χ0) is 11.8. The van der Waals surface area contributed by atoms with E-state index in [0.717, 1.165) is 18.8 Å². The number of nitrogens with zero attached hydrogens (tertiary/aromatic N) is 2. The molecule has 1 aliphatic rings. The molecule has 0 radical (unpaired) electrons. The van der Waals surface area contributed by atoms with Gasteiger partial charge in [0.15, 0.2) is 0 Å². The topological polar surface area (TPSA) is 37.8 Å². The molecule has 0 amide bonds. The average Bonchev–Trinajstić information content (AvgIpc) is 2.15. The molecule has 88 valence electrons. The largest absolute Gasteiger partial charge is 0.310 e. The Morgan fingerprint density at radius 3 is 2.94 bits per heavy atom. The molecule has 1 heterocycles. The van der Waals surface area contributed by atoms with Crippen molar-refractivity contribution in [3.8, 4) is 0 Å². The maximum absolute atomic E-state index is 4.59. The second kappa shape index (κ2) is 4.13. The lowest BCUT2D eigenvalue weighted by atomic mass is 9.74. The zero-order valence-corrected chi connectivity index (χ0v) is 10.7. The molecule has 1 unspecified atom stereocenters. The van der Waals surface area contributed by atoms with E-state index in [1.165, 1.54) is 17.7 Å². The Labute approximate surface area is 97.7 Å². The van der Waals surface area contributed by atoms with Gasteiger partial charge in [-0.2, -0.15) is 0 Å². The van der Waals surface area contributed by atoms with Gasteiger partial charge in [-0.3, -0.25) is 0 Å². The van der Waals surface area contributed by atoms with Crippen molar-refractivity contribution in [2.75, 3.05) is 6.54 Å². The van der Waals surface area contributed by atoms with E-state index in [1.807, 2.05) is 13.1 Å². The summed E-state index contributed by atoms with van der Waals surface area (Å²) in [6.07, 6.45) is 4.23. The van der Waals surface area contributed by atoms with Crippen LogP contribution in [0.4, 0.5) is 0 Å². The number of hydrogen-bond donors (Lipinski definition) is 1. The van der Waals surface area contributed by atoms with Crippen molar-refractivity contribution < 1.29 is 0 Å². The summed E-state index contributed by atoms with van der Waals surface area (Å²) in [5.41, 5.74) is 2.86. The van der Waals surface area contributed by atoms with Crippen molar-refractivity contribution in [1.29, 1.82) is 0 Å². The van der Waals surface area contributed by atoms with Crippen molar-refractivity contribution >= 4 is 0 Å². The van der Waals surface area contributed by atoms with Gasteiger partial charge in [-0.25, -0.2) is 9.97 Å². The zero-order valence-electron chi connectivity index (χ0n) is 10.7. The highest BCUT2D eigenvalue weighted by molar-refractivity contribution is 5.26. The molecule has 1 N–H and O–H groups in total. The van der Waals surface area contributed by atoms with Crippen LogP contribution in [0.3, 0.4) is 0 Å². The van der Waals surface area contributed by atoms with Gasteiger partial charge in [0.1, 0.15) is 5.82 Å². The Morgan fingerprint density at radius 2 is 2.25 bits per heavy atom. The molecule has 0 spiro atoms. The van der Waals surface area contributed by atoms with E-state index in [-0.39, 0.29) is 0 Å². The van der Waals surface area contributed by atoms with Crippen LogP contribution in [0.1, 0.15) is 50.3 Å². The third-order valence-electron chi connectivity index (χ3n) is 3.25. The van der Waals surface area contributed by atoms with Gasteiger partial charge in [0.2, 0.25) is 0 Å². The van der Waals surface area contributed by atoms with E-state index in [4.69, 9.17) is 0 Å². The first kappa shape index (κ1) is 11.5. The lowest BCUT2D eigenvalue weighted by molar-refractivity contribution is 0.255. The van der Waals surface area contributed by atoms with Crippen LogP contribution < -0.4 is 5.32 Å². The van der Waals surface area contributed by atoms with Crippen LogP contribution in [0, 0.1) is 12.3 Å². The molecule has 0 saturated carbocycles. The third kappa shape index (κ3) is 2.24. The minimum absolute atomic E-state index is 0.334. The maximum Gasteiger partial charge on any atom is 0.125 e. The molecule has 3 nitrogen and oxygen atoms in total. The van der Waals surface area contributed by atoms with Gasteiger partial charge in [0.25, 0.3) is 0 Å². The summed E-state index contributed by atoms with van der Waals surface area (Å²) in [7, 11) is 0. The van der Waals surface area contributed by atoms with Crippen LogP contribution in [0.15, 0.2) is 6.20 Å². The molecular weight excluding hydrogens is 198 g/mol. The Kier molecular flexibility index (Phi) is 2.98. The van der Waals surface area contributed by atoms with Crippen molar-refractivity contribution in [3.05, 3.63) is 23.3 Å². The first-order valence-corrected chi connectivity index (χ1v) is 6.07. The number of hydrogen-bond acceptors (Lipinski definition) is 3. The van der Waals surface area contributed by atoms with Gasteiger partial charge in [-0.15, -0.1) is 0 Å². The summed E-state index contributed by atoms with van der Waals surface area (Å²) in [5, 5.41) is 3.54. The SMILES string of the molecule is CCNC1CC(C)(C)Cc2nc(C)ncc21. The number of aryl methyl sites for hydroxylation is 1. The predicted molar refractivity (Wildman–Crippen MR) is 65.3 cm³/mol. The van der Waals surface area contributed by atoms with Crippen LogP contribution in [0.2, 0.25) is 0 Å². The fraction of sp³-hybridized carbons (Fsp3) is 0.692. The minimum Gasteiger partial charge on any atom is -0.310 e. The molecule has 1 atom stereocenters. The van der Waals surface area contributed by atoms with Crippen molar-refractivity contribution in [3.63, 3.8) is 0 Å². The minimum atomic E-state index is 0.334. The molecule has 0 fully saturated rings. The van der Waals surface area contributed by atoms with Crippen LogP contribution in [-0.4, -0.2) is 16.5 Å². The molecule has 1 aromatic rings. The highest BCUT2D eigenvalue weighted by Gasteiger charge is 2.32. The molecule has 0 saturated heterocycles. The maximum atomic E-state index is 4.59. The molecular formula is C13H21N3. The van der Waals surface area contributed by atoms with E-state index in [2.05, 4.69) is 36.1 Å². The fourth-order valence-electron chi connectivity index (χ4n) is 2.58. The summed E-state index contributed by atoms with van der Waals surface area (Å²) in [6.45, 7) is 9.74. The lowest BCUT2D eigenvalue weighted by Gasteiger charge is -2.36. The van der Waals surface area contributed by atoms with Gasteiger partial charge >= 0.3 is 0 Å². The fourth-order valence-corrected chi connectivity index (χ4v) is 2.58. The summed E-state index contributed by atoms with van der Waals surface area (Å²) >= 11 is 0. The average molecular weight is 219 g/mol. The molecule has 0 aliphatic heterocycles. The lowest BCUT2D eigenvalue weighted by Crippen LogP contribution is -2.34. The quantitative estimate of drug-likeness (QED) is 0.830. The van der Waals surface area contributed by atoms with E-state index in [1.54, 1.807) is 0 Å². The summed E-state index contributed by atoms with van der Waals surface area (Å²) < 4.78 is 0. The second-order valence-corrected chi connectivity index (χ2v) is 5.47. The highest BCUT2D eigenvalue weighted by atomic mass is 14.9. The van der Waals surface area contributed by atoms with Gasteiger partial charge < -0.3 is 5.32 Å². The number of fused-ring (bicyclic) bond motifs is 1. The molecule has 0 bridgehead atoms. The normalized spacial score (nSPS) is 22.9. The molecule has 2 rings (SSSR count). The van der Waals surface area contributed by atoms with Gasteiger partial charge in [-0.1, -0.05) is 20.8 Å². The smallest absolute Gasteiger partial charge is 0.125 e. The van der Waals surface area contributed by atoms with Crippen LogP contribution in [-0.2, 0) is 6.42 Å². The standard InChI is InChI=1S/C13H21N3/c1-5-14-11-6-13(3,4)7-12-10(11)8-15-9(2)16-12/h8,11,14H,5-7H2,1-4H3. The van der Waals surface area contributed by atoms with Crippen LogP contribution >= 0.6 is 0 Å². The van der Waals surface area contributed by atoms with Crippen molar-refractivity contribution in [2.24, 2.45) is 5.41 Å². The molecule has 1 aromatic heterocycles. The summed E-state index contributed by atoms with van der Waals surface area (Å²) in [4.78, 5) is 8.91. The van der Waals surface area contributed by atoms with Gasteiger partial charge in [0.05, 0.1) is 0 Å². The van der Waals surface area contributed by atoms with Crippen LogP contribution in [0.25, 0.3) is 0 Å².